The molecule has 4 aromatic carbocycles. The second kappa shape index (κ2) is 7.35. The maximum absolute atomic E-state index is 4.96. The van der Waals surface area contributed by atoms with Crippen molar-refractivity contribution in [1.29, 1.82) is 0 Å². The smallest absolute Gasteiger partial charge is 0.241 e. The minimum Gasteiger partial charge on any atom is -0.276 e. The summed E-state index contributed by atoms with van der Waals surface area (Å²) >= 11 is 0. The van der Waals surface area contributed by atoms with E-state index in [1.807, 2.05) is 95.6 Å². The summed E-state index contributed by atoms with van der Waals surface area (Å²) < 4.78 is 4.19. The van der Waals surface area contributed by atoms with Gasteiger partial charge in [-0.25, -0.2) is 14.5 Å². The lowest BCUT2D eigenvalue weighted by Crippen LogP contribution is -2.06. The van der Waals surface area contributed by atoms with Crippen molar-refractivity contribution in [3.8, 4) is 28.7 Å². The van der Waals surface area contributed by atoms with E-state index in [9.17, 15) is 0 Å². The molecule has 0 atom stereocenters. The fourth-order valence-electron chi connectivity index (χ4n) is 4.45. The van der Waals surface area contributed by atoms with E-state index in [0.717, 1.165) is 39.0 Å². The molecular weight excluding hydrogens is 420 g/mol. The third kappa shape index (κ3) is 2.82. The van der Waals surface area contributed by atoms with Gasteiger partial charge >= 0.3 is 0 Å². The standard InChI is InChI=1S/C28H18N6/c1-3-11-19(12-4-1)25-30-26(20-13-5-2-6-14-20)32-27(31-25)34-24-18-10-9-17-23(24)33-22-16-8-7-15-21(22)29-28(33)34/h1-18H. The summed E-state index contributed by atoms with van der Waals surface area (Å²) in [6.07, 6.45) is 0. The van der Waals surface area contributed by atoms with Gasteiger partial charge in [0, 0.05) is 11.1 Å². The van der Waals surface area contributed by atoms with E-state index in [-0.39, 0.29) is 0 Å². The zero-order valence-electron chi connectivity index (χ0n) is 18.1. The van der Waals surface area contributed by atoms with Gasteiger partial charge in [0.1, 0.15) is 0 Å². The fraction of sp³-hybridized carbons (Fsp3) is 0. The molecule has 0 fully saturated rings. The Bertz CT molecular complexity index is 1740. The van der Waals surface area contributed by atoms with Gasteiger partial charge in [-0.2, -0.15) is 9.97 Å². The normalized spacial score (nSPS) is 11.5. The number of aromatic nitrogens is 6. The molecule has 0 aliphatic heterocycles. The Morgan fingerprint density at radius 2 is 0.971 bits per heavy atom. The minimum absolute atomic E-state index is 0.536. The summed E-state index contributed by atoms with van der Waals surface area (Å²) in [7, 11) is 0. The molecule has 6 nitrogen and oxygen atoms in total. The van der Waals surface area contributed by atoms with Crippen LogP contribution in [0.5, 0.6) is 0 Å². The Labute approximate surface area is 194 Å². The highest BCUT2D eigenvalue weighted by Crippen LogP contribution is 2.29. The Morgan fingerprint density at radius 1 is 0.441 bits per heavy atom. The monoisotopic (exact) mass is 438 g/mol. The van der Waals surface area contributed by atoms with Crippen LogP contribution in [0.4, 0.5) is 0 Å². The van der Waals surface area contributed by atoms with Crippen LogP contribution in [0, 0.1) is 0 Å². The first-order valence-corrected chi connectivity index (χ1v) is 11.1. The number of imidazole rings is 2. The molecule has 0 radical (unpaired) electrons. The van der Waals surface area contributed by atoms with E-state index >= 15 is 0 Å². The minimum atomic E-state index is 0.536. The highest BCUT2D eigenvalue weighted by molar-refractivity contribution is 5.91. The van der Waals surface area contributed by atoms with Crippen molar-refractivity contribution in [3.05, 3.63) is 109 Å². The van der Waals surface area contributed by atoms with Gasteiger partial charge in [0.05, 0.1) is 22.1 Å². The molecule has 0 bridgehead atoms. The number of rotatable bonds is 3. The molecule has 3 aromatic heterocycles. The summed E-state index contributed by atoms with van der Waals surface area (Å²) in [6, 6.07) is 36.4. The van der Waals surface area contributed by atoms with Gasteiger partial charge in [-0.15, -0.1) is 0 Å². The second-order valence-corrected chi connectivity index (χ2v) is 8.07. The van der Waals surface area contributed by atoms with E-state index in [1.165, 1.54) is 0 Å². The number of hydrogen-bond acceptors (Lipinski definition) is 4. The van der Waals surface area contributed by atoms with Crippen molar-refractivity contribution in [1.82, 2.24) is 28.9 Å². The summed E-state index contributed by atoms with van der Waals surface area (Å²) in [5.74, 6) is 2.55. The fourth-order valence-corrected chi connectivity index (χ4v) is 4.45. The maximum atomic E-state index is 4.96. The average Bonchev–Trinajstić information content (AvgIpc) is 3.44. The van der Waals surface area contributed by atoms with Crippen molar-refractivity contribution < 1.29 is 0 Å². The number of hydrogen-bond donors (Lipinski definition) is 0. The van der Waals surface area contributed by atoms with Crippen molar-refractivity contribution in [3.63, 3.8) is 0 Å². The van der Waals surface area contributed by atoms with Gasteiger partial charge in [-0.3, -0.25) is 4.40 Å². The van der Waals surface area contributed by atoms with Gasteiger partial charge < -0.3 is 0 Å². The molecule has 160 valence electrons. The molecule has 3 heterocycles. The van der Waals surface area contributed by atoms with Crippen LogP contribution < -0.4 is 0 Å². The highest BCUT2D eigenvalue weighted by Gasteiger charge is 2.20. The molecule has 0 amide bonds. The number of benzene rings is 4. The van der Waals surface area contributed by atoms with E-state index in [1.54, 1.807) is 0 Å². The zero-order valence-corrected chi connectivity index (χ0v) is 18.1. The Balaban J connectivity index is 1.59. The third-order valence-corrected chi connectivity index (χ3v) is 5.99. The first-order chi connectivity index (χ1) is 16.9. The second-order valence-electron chi connectivity index (χ2n) is 8.07. The van der Waals surface area contributed by atoms with E-state index in [4.69, 9.17) is 19.9 Å². The van der Waals surface area contributed by atoms with Crippen molar-refractivity contribution in [2.45, 2.75) is 0 Å². The maximum Gasteiger partial charge on any atom is 0.241 e. The molecule has 7 aromatic rings. The lowest BCUT2D eigenvalue weighted by Gasteiger charge is -2.09. The predicted octanol–water partition coefficient (Wildman–Crippen LogP) is 5.95. The Morgan fingerprint density at radius 3 is 1.62 bits per heavy atom. The lowest BCUT2D eigenvalue weighted by atomic mass is 10.2. The van der Waals surface area contributed by atoms with Gasteiger partial charge in [-0.05, 0) is 24.3 Å². The van der Waals surface area contributed by atoms with Crippen LogP contribution in [0.25, 0.3) is 56.6 Å². The largest absolute Gasteiger partial charge is 0.276 e. The number of nitrogens with zero attached hydrogens (tertiary/aromatic N) is 6. The lowest BCUT2D eigenvalue weighted by molar-refractivity contribution is 0.937. The van der Waals surface area contributed by atoms with Crippen LogP contribution >= 0.6 is 0 Å². The first kappa shape index (κ1) is 18.7. The molecule has 7 rings (SSSR count). The molecule has 34 heavy (non-hydrogen) atoms. The summed E-state index contributed by atoms with van der Waals surface area (Å²) in [5, 5.41) is 0. The summed E-state index contributed by atoms with van der Waals surface area (Å²) in [4.78, 5) is 19.6. The topological polar surface area (TPSA) is 60.9 Å². The van der Waals surface area contributed by atoms with Crippen LogP contribution in [0.15, 0.2) is 109 Å². The van der Waals surface area contributed by atoms with Gasteiger partial charge in [0.2, 0.25) is 11.7 Å². The SMILES string of the molecule is c1ccc(-c2nc(-c3ccccc3)nc(-n3c4ccccc4n4c5ccccc5nc34)n2)cc1. The van der Waals surface area contributed by atoms with Crippen LogP contribution in [0.2, 0.25) is 0 Å². The van der Waals surface area contributed by atoms with E-state index < -0.39 is 0 Å². The van der Waals surface area contributed by atoms with E-state index in [0.29, 0.717) is 17.6 Å². The van der Waals surface area contributed by atoms with E-state index in [2.05, 4.69) is 22.6 Å². The molecule has 0 aliphatic carbocycles. The van der Waals surface area contributed by atoms with Crippen molar-refractivity contribution >= 4 is 27.8 Å². The van der Waals surface area contributed by atoms with Crippen LogP contribution in [0.3, 0.4) is 0 Å². The molecule has 0 unspecified atom stereocenters. The predicted molar refractivity (Wildman–Crippen MR) is 134 cm³/mol. The quantitative estimate of drug-likeness (QED) is 0.342. The molecule has 0 N–H and O–H groups in total. The Kier molecular flexibility index (Phi) is 4.04. The highest BCUT2D eigenvalue weighted by atomic mass is 15.3. The van der Waals surface area contributed by atoms with Crippen LogP contribution in [-0.4, -0.2) is 28.9 Å². The molecule has 0 spiro atoms. The number of para-hydroxylation sites is 4. The van der Waals surface area contributed by atoms with Gasteiger partial charge in [-0.1, -0.05) is 84.9 Å². The van der Waals surface area contributed by atoms with Crippen molar-refractivity contribution in [2.24, 2.45) is 0 Å². The van der Waals surface area contributed by atoms with Gasteiger partial charge in [0.15, 0.2) is 11.6 Å². The van der Waals surface area contributed by atoms with Crippen LogP contribution in [0.1, 0.15) is 0 Å². The molecule has 0 saturated carbocycles. The number of fused-ring (bicyclic) bond motifs is 5. The summed E-state index contributed by atoms with van der Waals surface area (Å²) in [5.41, 5.74) is 5.88. The van der Waals surface area contributed by atoms with Gasteiger partial charge in [0.25, 0.3) is 0 Å². The molecule has 0 saturated heterocycles. The summed E-state index contributed by atoms with van der Waals surface area (Å²) in [6.45, 7) is 0. The van der Waals surface area contributed by atoms with Crippen molar-refractivity contribution in [2.75, 3.05) is 0 Å². The molecular formula is C28H18N6. The molecule has 0 aliphatic rings. The Hall–Kier alpha value is -4.84. The van der Waals surface area contributed by atoms with Crippen LogP contribution in [-0.2, 0) is 0 Å². The zero-order chi connectivity index (χ0) is 22.5. The third-order valence-electron chi connectivity index (χ3n) is 5.99. The average molecular weight is 438 g/mol. The first-order valence-electron chi connectivity index (χ1n) is 11.1. The molecule has 6 heteroatoms.